The van der Waals surface area contributed by atoms with Gasteiger partial charge >= 0.3 is 37.6 Å². The molecule has 4 aromatic carbocycles. The molecule has 3 heteroatoms. The maximum absolute atomic E-state index is 2.24. The molecule has 4 aromatic rings. The molecule has 0 unspecified atom stereocenters. The normalized spacial score (nSPS) is 8.83. The maximum atomic E-state index is 2.24. The molecule has 0 nitrogen and oxygen atoms in total. The Morgan fingerprint density at radius 2 is 1.08 bits per heavy atom. The predicted octanol–water partition coefficient (Wildman–Crippen LogP) is -0.129. The minimum Gasteiger partial charge on any atom is -1.00 e. The maximum Gasteiger partial charge on any atom is -0.0771 e. The van der Waals surface area contributed by atoms with Crippen LogP contribution in [-0.4, -0.2) is 3.81 Å². The van der Waals surface area contributed by atoms with E-state index >= 15 is 0 Å². The van der Waals surface area contributed by atoms with Gasteiger partial charge in [-0.3, -0.25) is 0 Å². The second kappa shape index (κ2) is 11.6. The fourth-order valence-electron chi connectivity index (χ4n) is 2.22. The predicted molar refractivity (Wildman–Crippen MR) is 95.4 cm³/mol. The van der Waals surface area contributed by atoms with Gasteiger partial charge in [0.15, 0.2) is 0 Å². The van der Waals surface area contributed by atoms with E-state index in [-0.39, 0.29) is 9.41 Å². The van der Waals surface area contributed by atoms with E-state index in [0.717, 1.165) is 0 Å². The number of benzene rings is 2. The average Bonchev–Trinajstić information content (AvgIpc) is 3.18. The van der Waals surface area contributed by atoms with Crippen LogP contribution >= 0.6 is 0 Å². The van der Waals surface area contributed by atoms with E-state index < -0.39 is 0 Å². The molecule has 0 amide bonds. The van der Waals surface area contributed by atoms with E-state index in [0.29, 0.717) is 0 Å². The second-order valence-corrected chi connectivity index (χ2v) is 6.84. The minimum atomic E-state index is 0. The molecule has 0 heterocycles. The molecule has 24 heavy (non-hydrogen) atoms. The first-order chi connectivity index (χ1) is 10.7. The summed E-state index contributed by atoms with van der Waals surface area (Å²) in [5.41, 5.74) is 0. The zero-order valence-electron chi connectivity index (χ0n) is 13.8. The van der Waals surface area contributed by atoms with Crippen LogP contribution < -0.4 is 9.41 Å². The van der Waals surface area contributed by atoms with Crippen molar-refractivity contribution in [2.45, 2.75) is 13.8 Å². The number of hydrogen-bond donors (Lipinski definition) is 0. The zero-order chi connectivity index (χ0) is 15.8. The Labute approximate surface area is 153 Å². The quantitative estimate of drug-likeness (QED) is 0.304. The van der Waals surface area contributed by atoms with Crippen LogP contribution in [0.4, 0.5) is 0 Å². The molecule has 0 aliphatic rings. The van der Waals surface area contributed by atoms with Crippen molar-refractivity contribution in [2.24, 2.45) is 0 Å². The second-order valence-electron chi connectivity index (χ2n) is 5.28. The summed E-state index contributed by atoms with van der Waals surface area (Å²) in [5.74, 6) is 0. The monoisotopic (exact) mass is 358 g/mol. The van der Waals surface area contributed by atoms with Crippen LogP contribution in [0.3, 0.4) is 0 Å². The van der Waals surface area contributed by atoms with Crippen molar-refractivity contribution in [3.8, 4) is 0 Å². The molecule has 0 aliphatic carbocycles. The van der Waals surface area contributed by atoms with Gasteiger partial charge in [0.05, 0.1) is 0 Å². The summed E-state index contributed by atoms with van der Waals surface area (Å²) in [4.78, 5) is 0. The molecular formula is C21H20F2Ti-2. The van der Waals surface area contributed by atoms with Crippen LogP contribution in [0.25, 0.3) is 21.5 Å². The van der Waals surface area contributed by atoms with Crippen LogP contribution in [0.5, 0.6) is 0 Å². The molecule has 0 aliphatic heterocycles. The van der Waals surface area contributed by atoms with Gasteiger partial charge < -0.3 is 9.41 Å². The summed E-state index contributed by atoms with van der Waals surface area (Å²) in [6.07, 6.45) is 0. The van der Waals surface area contributed by atoms with Crippen molar-refractivity contribution in [1.29, 1.82) is 0 Å². The topological polar surface area (TPSA) is 0 Å². The molecular weight excluding hydrogens is 338 g/mol. The molecule has 0 radical (unpaired) electrons. The molecule has 0 saturated carbocycles. The van der Waals surface area contributed by atoms with E-state index in [1.54, 1.807) is 0 Å². The largest absolute Gasteiger partial charge is 1.00 e. The smallest absolute Gasteiger partial charge is 0.0771 e. The SMILES string of the molecule is C[C](C)=[Ti+2].[F-].[F-].c1cc[cH-]c1.c1ccc2c(c1)[cH-]c1ccccc12. The van der Waals surface area contributed by atoms with E-state index in [1.807, 2.05) is 30.3 Å². The molecule has 0 N–H and O–H groups in total. The summed E-state index contributed by atoms with van der Waals surface area (Å²) in [5, 5.41) is 5.39. The van der Waals surface area contributed by atoms with Gasteiger partial charge in [-0.1, -0.05) is 36.4 Å². The van der Waals surface area contributed by atoms with E-state index in [2.05, 4.69) is 88.4 Å². The molecule has 0 atom stereocenters. The molecule has 4 rings (SSSR count). The van der Waals surface area contributed by atoms with E-state index in [9.17, 15) is 0 Å². The Kier molecular flexibility index (Phi) is 10.7. The van der Waals surface area contributed by atoms with Gasteiger partial charge in [-0.25, -0.2) is 12.1 Å². The van der Waals surface area contributed by atoms with Crippen molar-refractivity contribution in [2.75, 3.05) is 0 Å². The minimum absolute atomic E-state index is 0. The van der Waals surface area contributed by atoms with Crippen LogP contribution in [0.15, 0.2) is 84.9 Å². The zero-order valence-corrected chi connectivity index (χ0v) is 15.4. The van der Waals surface area contributed by atoms with Gasteiger partial charge in [0, 0.05) is 0 Å². The summed E-state index contributed by atoms with van der Waals surface area (Å²) in [6.45, 7) is 4.17. The molecule has 0 saturated heterocycles. The first kappa shape index (κ1) is 22.1. The molecule has 124 valence electrons. The van der Waals surface area contributed by atoms with Gasteiger partial charge in [0.2, 0.25) is 0 Å². The third-order valence-electron chi connectivity index (χ3n) is 3.08. The van der Waals surface area contributed by atoms with Gasteiger partial charge in [-0.2, -0.15) is 18.2 Å². The van der Waals surface area contributed by atoms with Crippen molar-refractivity contribution in [3.63, 3.8) is 0 Å². The number of hydrogen-bond acceptors (Lipinski definition) is 0. The summed E-state index contributed by atoms with van der Waals surface area (Å²) >= 11 is 2.08. The Morgan fingerprint density at radius 1 is 0.708 bits per heavy atom. The van der Waals surface area contributed by atoms with Gasteiger partial charge in [0.25, 0.3) is 0 Å². The number of rotatable bonds is 0. The van der Waals surface area contributed by atoms with Crippen molar-refractivity contribution in [1.82, 2.24) is 0 Å². The first-order valence-electron chi connectivity index (χ1n) is 7.40. The Hall–Kier alpha value is -1.90. The van der Waals surface area contributed by atoms with Crippen LogP contribution in [-0.2, 0) is 20.0 Å². The van der Waals surface area contributed by atoms with E-state index in [4.69, 9.17) is 0 Å². The standard InChI is InChI=1S/C13H9.C5H5.C3H6.2FH.Ti/c1-3-7-12-10(5-1)9-11-6-2-4-8-13(11)12;1-2-4-5-3-1;1-3-2;;;/h1-9H;1-5H;1-2H3;2*1H;/q2*-1;;;;+2/p-2. The van der Waals surface area contributed by atoms with Crippen LogP contribution in [0, 0.1) is 0 Å². The van der Waals surface area contributed by atoms with Crippen LogP contribution in [0.2, 0.25) is 0 Å². The molecule has 0 bridgehead atoms. The van der Waals surface area contributed by atoms with Crippen LogP contribution in [0.1, 0.15) is 13.8 Å². The third kappa shape index (κ3) is 6.70. The fraction of sp³-hybridized carbons (Fsp3) is 0.0952. The van der Waals surface area contributed by atoms with Crippen molar-refractivity contribution in [3.05, 3.63) is 84.9 Å². The number of fused-ring (bicyclic) bond motifs is 3. The molecule has 0 aromatic heterocycles. The molecule has 0 spiro atoms. The van der Waals surface area contributed by atoms with E-state index in [1.165, 1.54) is 25.4 Å². The van der Waals surface area contributed by atoms with Gasteiger partial charge in [0.1, 0.15) is 0 Å². The van der Waals surface area contributed by atoms with Gasteiger partial charge in [-0.15, -0.1) is 39.7 Å². The number of halogens is 2. The van der Waals surface area contributed by atoms with Crippen molar-refractivity contribution >= 4 is 25.4 Å². The first-order valence-corrected chi connectivity index (χ1v) is 8.18. The third-order valence-corrected chi connectivity index (χ3v) is 3.08. The fourth-order valence-corrected chi connectivity index (χ4v) is 2.22. The Morgan fingerprint density at radius 3 is 1.42 bits per heavy atom. The Balaban J connectivity index is 0.000000409. The Bertz CT molecular complexity index is 758. The average molecular weight is 358 g/mol. The molecule has 0 fully saturated rings. The van der Waals surface area contributed by atoms with Gasteiger partial charge in [-0.05, 0) is 0 Å². The summed E-state index contributed by atoms with van der Waals surface area (Å²) < 4.78 is 1.42. The van der Waals surface area contributed by atoms with Crippen molar-refractivity contribution < 1.29 is 29.4 Å². The summed E-state index contributed by atoms with van der Waals surface area (Å²) in [6, 6.07) is 29.3. The summed E-state index contributed by atoms with van der Waals surface area (Å²) in [7, 11) is 0.